The molecule has 4 rings (SSSR count). The van der Waals surface area contributed by atoms with Crippen LogP contribution in [0.25, 0.3) is 22.2 Å². The first-order valence-electron chi connectivity index (χ1n) is 8.20. The second kappa shape index (κ2) is 6.18. The lowest BCUT2D eigenvalue weighted by Gasteiger charge is -2.34. The fourth-order valence-electron chi connectivity index (χ4n) is 3.28. The van der Waals surface area contributed by atoms with Gasteiger partial charge < -0.3 is 21.4 Å². The molecule has 7 heteroatoms. The quantitative estimate of drug-likeness (QED) is 0.580. The molecular formula is C17H21N7. The third kappa shape index (κ3) is 2.83. The number of pyridine rings is 1. The zero-order valence-corrected chi connectivity index (χ0v) is 13.4. The van der Waals surface area contributed by atoms with Crippen LogP contribution in [0.3, 0.4) is 0 Å². The van der Waals surface area contributed by atoms with Crippen molar-refractivity contribution in [3.63, 3.8) is 0 Å². The van der Waals surface area contributed by atoms with E-state index in [0.29, 0.717) is 0 Å². The zero-order chi connectivity index (χ0) is 16.4. The molecule has 4 heterocycles. The van der Waals surface area contributed by atoms with Crippen LogP contribution in [-0.2, 0) is 0 Å². The summed E-state index contributed by atoms with van der Waals surface area (Å²) in [6.07, 6.45) is 11.0. The van der Waals surface area contributed by atoms with Crippen LogP contribution < -0.4 is 16.4 Å². The SMILES string of the molecule is N[C@@]1(CNc2ccnc3[nH]cc(-c4cncnc4)c23)CCCNC1. The van der Waals surface area contributed by atoms with Crippen molar-refractivity contribution in [2.75, 3.05) is 25.0 Å². The molecule has 1 saturated heterocycles. The van der Waals surface area contributed by atoms with Crippen LogP contribution in [-0.4, -0.2) is 45.1 Å². The van der Waals surface area contributed by atoms with Gasteiger partial charge in [-0.2, -0.15) is 0 Å². The second-order valence-electron chi connectivity index (χ2n) is 6.41. The van der Waals surface area contributed by atoms with Gasteiger partial charge in [-0.15, -0.1) is 0 Å². The number of piperidine rings is 1. The van der Waals surface area contributed by atoms with Gasteiger partial charge in [0.15, 0.2) is 0 Å². The third-order valence-corrected chi connectivity index (χ3v) is 4.58. The summed E-state index contributed by atoms with van der Waals surface area (Å²) in [6.45, 7) is 2.60. The van der Waals surface area contributed by atoms with Gasteiger partial charge >= 0.3 is 0 Å². The maximum atomic E-state index is 6.51. The molecule has 5 N–H and O–H groups in total. The van der Waals surface area contributed by atoms with Crippen LogP contribution in [0, 0.1) is 0 Å². The minimum atomic E-state index is -0.222. The number of hydrogen-bond acceptors (Lipinski definition) is 6. The fraction of sp³-hybridized carbons (Fsp3) is 0.353. The normalized spacial score (nSPS) is 21.0. The van der Waals surface area contributed by atoms with E-state index in [2.05, 4.69) is 30.6 Å². The van der Waals surface area contributed by atoms with Crippen molar-refractivity contribution in [1.82, 2.24) is 25.3 Å². The van der Waals surface area contributed by atoms with Crippen molar-refractivity contribution >= 4 is 16.7 Å². The van der Waals surface area contributed by atoms with Crippen LogP contribution in [0.1, 0.15) is 12.8 Å². The molecule has 124 valence electrons. The maximum Gasteiger partial charge on any atom is 0.139 e. The Labute approximate surface area is 140 Å². The minimum Gasteiger partial charge on any atom is -0.382 e. The number of nitrogens with zero attached hydrogens (tertiary/aromatic N) is 3. The van der Waals surface area contributed by atoms with Crippen molar-refractivity contribution < 1.29 is 0 Å². The van der Waals surface area contributed by atoms with E-state index in [1.807, 2.05) is 24.7 Å². The largest absolute Gasteiger partial charge is 0.382 e. The highest BCUT2D eigenvalue weighted by atomic mass is 15.0. The number of aromatic amines is 1. The topological polar surface area (TPSA) is 105 Å². The van der Waals surface area contributed by atoms with E-state index in [-0.39, 0.29) is 5.54 Å². The second-order valence-corrected chi connectivity index (χ2v) is 6.41. The monoisotopic (exact) mass is 323 g/mol. The lowest BCUT2D eigenvalue weighted by atomic mass is 9.91. The minimum absolute atomic E-state index is 0.222. The molecule has 3 aromatic rings. The summed E-state index contributed by atoms with van der Waals surface area (Å²) in [5.41, 5.74) is 10.1. The molecule has 1 aliphatic rings. The van der Waals surface area contributed by atoms with Crippen molar-refractivity contribution in [1.29, 1.82) is 0 Å². The van der Waals surface area contributed by atoms with Gasteiger partial charge in [0.05, 0.1) is 0 Å². The number of fused-ring (bicyclic) bond motifs is 1. The summed E-state index contributed by atoms with van der Waals surface area (Å²) in [5, 5.41) is 7.95. The van der Waals surface area contributed by atoms with E-state index in [4.69, 9.17) is 5.73 Å². The van der Waals surface area contributed by atoms with Gasteiger partial charge in [0.1, 0.15) is 12.0 Å². The van der Waals surface area contributed by atoms with Gasteiger partial charge in [0.2, 0.25) is 0 Å². The molecule has 0 saturated carbocycles. The summed E-state index contributed by atoms with van der Waals surface area (Å²) in [7, 11) is 0. The maximum absolute atomic E-state index is 6.51. The molecule has 7 nitrogen and oxygen atoms in total. The van der Waals surface area contributed by atoms with E-state index in [9.17, 15) is 0 Å². The summed E-state index contributed by atoms with van der Waals surface area (Å²) in [4.78, 5) is 15.9. The molecule has 3 aromatic heterocycles. The molecule has 0 radical (unpaired) electrons. The van der Waals surface area contributed by atoms with Crippen LogP contribution >= 0.6 is 0 Å². The molecule has 1 aliphatic heterocycles. The fourth-order valence-corrected chi connectivity index (χ4v) is 3.28. The molecule has 24 heavy (non-hydrogen) atoms. The van der Waals surface area contributed by atoms with Gasteiger partial charge in [-0.05, 0) is 25.5 Å². The summed E-state index contributed by atoms with van der Waals surface area (Å²) >= 11 is 0. The third-order valence-electron chi connectivity index (χ3n) is 4.58. The van der Waals surface area contributed by atoms with E-state index >= 15 is 0 Å². The number of nitrogens with two attached hydrogens (primary N) is 1. The molecular weight excluding hydrogens is 302 g/mol. The summed E-state index contributed by atoms with van der Waals surface area (Å²) < 4.78 is 0. The Kier molecular flexibility index (Phi) is 3.87. The van der Waals surface area contributed by atoms with Crippen molar-refractivity contribution in [3.8, 4) is 11.1 Å². The Morgan fingerprint density at radius 3 is 2.96 bits per heavy atom. The molecule has 0 unspecified atom stereocenters. The highest BCUT2D eigenvalue weighted by molar-refractivity contribution is 6.02. The zero-order valence-electron chi connectivity index (χ0n) is 13.4. The first-order chi connectivity index (χ1) is 11.8. The van der Waals surface area contributed by atoms with Crippen LogP contribution in [0.15, 0.2) is 37.2 Å². The predicted octanol–water partition coefficient (Wildman–Crippen LogP) is 1.51. The van der Waals surface area contributed by atoms with Crippen molar-refractivity contribution in [2.24, 2.45) is 5.73 Å². The van der Waals surface area contributed by atoms with Gasteiger partial charge in [0, 0.05) is 65.6 Å². The van der Waals surface area contributed by atoms with Gasteiger partial charge in [0.25, 0.3) is 0 Å². The van der Waals surface area contributed by atoms with E-state index in [1.165, 1.54) is 6.33 Å². The summed E-state index contributed by atoms with van der Waals surface area (Å²) in [5.74, 6) is 0. The van der Waals surface area contributed by atoms with Gasteiger partial charge in [-0.25, -0.2) is 15.0 Å². The average Bonchev–Trinajstić information content (AvgIpc) is 3.06. The number of hydrogen-bond donors (Lipinski definition) is 4. The molecule has 0 aromatic carbocycles. The van der Waals surface area contributed by atoms with Gasteiger partial charge in [-0.3, -0.25) is 0 Å². The molecule has 1 atom stereocenters. The number of rotatable bonds is 4. The smallest absolute Gasteiger partial charge is 0.139 e. The van der Waals surface area contributed by atoms with Crippen LogP contribution in [0.5, 0.6) is 0 Å². The average molecular weight is 323 g/mol. The Bertz CT molecular complexity index is 821. The Hall–Kier alpha value is -2.51. The first-order valence-corrected chi connectivity index (χ1v) is 8.20. The van der Waals surface area contributed by atoms with E-state index < -0.39 is 0 Å². The number of aromatic nitrogens is 4. The lowest BCUT2D eigenvalue weighted by molar-refractivity contribution is 0.330. The number of H-pyrrole nitrogens is 1. The highest BCUT2D eigenvalue weighted by Gasteiger charge is 2.27. The lowest BCUT2D eigenvalue weighted by Crippen LogP contribution is -2.56. The molecule has 0 bridgehead atoms. The van der Waals surface area contributed by atoms with Crippen LogP contribution in [0.4, 0.5) is 5.69 Å². The van der Waals surface area contributed by atoms with Crippen LogP contribution in [0.2, 0.25) is 0 Å². The Morgan fingerprint density at radius 1 is 1.29 bits per heavy atom. The summed E-state index contributed by atoms with van der Waals surface area (Å²) in [6, 6.07) is 1.99. The standard InChI is InChI=1S/C17H21N7/c18-17(3-1-4-19-9-17)10-24-14-2-5-22-16-15(14)13(8-23-16)12-6-20-11-21-7-12/h2,5-8,11,19H,1,3-4,9-10,18H2,(H2,22,23,24)/t17-/m0/s1. The van der Waals surface area contributed by atoms with E-state index in [1.54, 1.807) is 6.20 Å². The number of nitrogens with one attached hydrogen (secondary N) is 3. The van der Waals surface area contributed by atoms with Crippen molar-refractivity contribution in [3.05, 3.63) is 37.2 Å². The first kappa shape index (κ1) is 15.0. The van der Waals surface area contributed by atoms with Gasteiger partial charge in [-0.1, -0.05) is 0 Å². The van der Waals surface area contributed by atoms with Crippen molar-refractivity contribution in [2.45, 2.75) is 18.4 Å². The number of anilines is 1. The van der Waals surface area contributed by atoms with E-state index in [0.717, 1.165) is 60.3 Å². The molecule has 1 fully saturated rings. The Morgan fingerprint density at radius 2 is 2.17 bits per heavy atom. The molecule has 0 aliphatic carbocycles. The predicted molar refractivity (Wildman–Crippen MR) is 94.6 cm³/mol. The molecule has 0 spiro atoms. The highest BCUT2D eigenvalue weighted by Crippen LogP contribution is 2.32. The molecule has 0 amide bonds. The Balaban J connectivity index is 1.67.